The van der Waals surface area contributed by atoms with E-state index in [0.717, 1.165) is 36.2 Å². The van der Waals surface area contributed by atoms with E-state index in [4.69, 9.17) is 4.52 Å². The summed E-state index contributed by atoms with van der Waals surface area (Å²) in [5.74, 6) is 1.00. The average Bonchev–Trinajstić information content (AvgIpc) is 3.43. The van der Waals surface area contributed by atoms with Crippen molar-refractivity contribution in [2.24, 2.45) is 0 Å². The van der Waals surface area contributed by atoms with Gasteiger partial charge >= 0.3 is 0 Å². The number of fused-ring (bicyclic) bond motifs is 1. The zero-order valence-corrected chi connectivity index (χ0v) is 16.4. The molecule has 0 saturated carbocycles. The summed E-state index contributed by atoms with van der Waals surface area (Å²) in [4.78, 5) is 6.92. The molecule has 3 aromatic rings. The maximum absolute atomic E-state index is 9.73. The lowest BCUT2D eigenvalue weighted by molar-refractivity contribution is 0.432. The Morgan fingerprint density at radius 2 is 2.03 bits per heavy atom. The van der Waals surface area contributed by atoms with E-state index in [2.05, 4.69) is 52.3 Å². The summed E-state index contributed by atoms with van der Waals surface area (Å²) < 4.78 is 5.53. The molecule has 2 aliphatic rings. The van der Waals surface area contributed by atoms with Gasteiger partial charge in [0.15, 0.2) is 0 Å². The van der Waals surface area contributed by atoms with Gasteiger partial charge in [-0.25, -0.2) is 0 Å². The highest BCUT2D eigenvalue weighted by Crippen LogP contribution is 2.32. The molecule has 1 aliphatic carbocycles. The van der Waals surface area contributed by atoms with E-state index < -0.39 is 0 Å². The highest BCUT2D eigenvalue weighted by Gasteiger charge is 2.22. The first-order chi connectivity index (χ1) is 14.2. The Labute approximate surface area is 170 Å². The number of nitriles is 1. The van der Waals surface area contributed by atoms with Crippen LogP contribution in [0.2, 0.25) is 0 Å². The number of hydrogen-bond acceptors (Lipinski definition) is 5. The van der Waals surface area contributed by atoms with Crippen molar-refractivity contribution < 1.29 is 4.52 Å². The molecular formula is C24H22N4O. The Balaban J connectivity index is 1.46. The first kappa shape index (κ1) is 17.7. The van der Waals surface area contributed by atoms with Gasteiger partial charge in [0.05, 0.1) is 11.3 Å². The highest BCUT2D eigenvalue weighted by atomic mass is 16.5. The van der Waals surface area contributed by atoms with Gasteiger partial charge in [0.25, 0.3) is 5.89 Å². The fraction of sp³-hybridized carbons (Fsp3) is 0.292. The van der Waals surface area contributed by atoms with Gasteiger partial charge in [-0.05, 0) is 68.0 Å². The van der Waals surface area contributed by atoms with E-state index in [9.17, 15) is 5.26 Å². The molecule has 5 rings (SSSR count). The lowest BCUT2D eigenvalue weighted by Gasteiger charge is -2.36. The molecule has 5 heteroatoms. The Hall–Kier alpha value is -3.39. The fourth-order valence-corrected chi connectivity index (χ4v) is 4.31. The number of anilines is 1. The number of rotatable bonds is 3. The Morgan fingerprint density at radius 3 is 2.90 bits per heavy atom. The predicted octanol–water partition coefficient (Wildman–Crippen LogP) is 5.22. The predicted molar refractivity (Wildman–Crippen MR) is 113 cm³/mol. The van der Waals surface area contributed by atoms with E-state index in [1.54, 1.807) is 0 Å². The van der Waals surface area contributed by atoms with Crippen molar-refractivity contribution in [3.8, 4) is 28.9 Å². The molecule has 2 heterocycles. The van der Waals surface area contributed by atoms with Gasteiger partial charge < -0.3 is 9.42 Å². The molecule has 1 aliphatic heterocycles. The van der Waals surface area contributed by atoms with Crippen LogP contribution >= 0.6 is 0 Å². The summed E-state index contributed by atoms with van der Waals surface area (Å²) in [6.45, 7) is 3.22. The second-order valence-corrected chi connectivity index (χ2v) is 7.83. The largest absolute Gasteiger partial charge is 0.368 e. The monoisotopic (exact) mass is 382 g/mol. The second kappa shape index (κ2) is 7.21. The zero-order chi connectivity index (χ0) is 19.8. The molecule has 1 fully saturated rings. The SMILES string of the molecule is CC1CCCCN1c1ccc(-c2nc(-c3ccc4c(c3)C=CC4)no2)cc1C#N. The minimum Gasteiger partial charge on any atom is -0.368 e. The van der Waals surface area contributed by atoms with E-state index in [0.29, 0.717) is 23.3 Å². The van der Waals surface area contributed by atoms with E-state index in [-0.39, 0.29) is 0 Å². The van der Waals surface area contributed by atoms with Crippen molar-refractivity contribution in [3.63, 3.8) is 0 Å². The van der Waals surface area contributed by atoms with Crippen molar-refractivity contribution in [3.05, 3.63) is 59.2 Å². The van der Waals surface area contributed by atoms with Crippen LogP contribution in [0.5, 0.6) is 0 Å². The summed E-state index contributed by atoms with van der Waals surface area (Å²) in [6.07, 6.45) is 8.84. The normalized spacial score (nSPS) is 17.9. The van der Waals surface area contributed by atoms with Crippen LogP contribution in [0, 0.1) is 11.3 Å². The Kier molecular flexibility index (Phi) is 4.40. The summed E-state index contributed by atoms with van der Waals surface area (Å²) in [6, 6.07) is 14.9. The minimum atomic E-state index is 0.436. The van der Waals surface area contributed by atoms with Crippen LogP contribution in [0.25, 0.3) is 28.9 Å². The van der Waals surface area contributed by atoms with Gasteiger partial charge in [-0.15, -0.1) is 0 Å². The van der Waals surface area contributed by atoms with Crippen LogP contribution < -0.4 is 4.90 Å². The second-order valence-electron chi connectivity index (χ2n) is 7.83. The van der Waals surface area contributed by atoms with E-state index >= 15 is 0 Å². The number of nitrogens with zero attached hydrogens (tertiary/aromatic N) is 4. The van der Waals surface area contributed by atoms with Gasteiger partial charge in [0.2, 0.25) is 5.82 Å². The lowest BCUT2D eigenvalue weighted by Crippen LogP contribution is -2.37. The third kappa shape index (κ3) is 3.21. The number of piperidine rings is 1. The first-order valence-electron chi connectivity index (χ1n) is 10.2. The Morgan fingerprint density at radius 1 is 1.14 bits per heavy atom. The number of allylic oxidation sites excluding steroid dienone is 1. The molecule has 1 saturated heterocycles. The van der Waals surface area contributed by atoms with Crippen LogP contribution in [-0.2, 0) is 6.42 Å². The quantitative estimate of drug-likeness (QED) is 0.621. The van der Waals surface area contributed by atoms with Gasteiger partial charge in [0.1, 0.15) is 6.07 Å². The minimum absolute atomic E-state index is 0.436. The van der Waals surface area contributed by atoms with E-state index in [1.165, 1.54) is 24.0 Å². The van der Waals surface area contributed by atoms with Crippen LogP contribution in [0.3, 0.4) is 0 Å². The Bertz CT molecular complexity index is 1140. The number of hydrogen-bond donors (Lipinski definition) is 0. The molecule has 5 nitrogen and oxygen atoms in total. The third-order valence-electron chi connectivity index (χ3n) is 5.94. The van der Waals surface area contributed by atoms with Gasteiger partial charge in [-0.1, -0.05) is 29.4 Å². The fourth-order valence-electron chi connectivity index (χ4n) is 4.31. The summed E-state index contributed by atoms with van der Waals surface area (Å²) >= 11 is 0. The lowest BCUT2D eigenvalue weighted by atomic mass is 10.0. The molecule has 0 bridgehead atoms. The van der Waals surface area contributed by atoms with Crippen molar-refractivity contribution >= 4 is 11.8 Å². The van der Waals surface area contributed by atoms with Crippen molar-refractivity contribution in [1.82, 2.24) is 10.1 Å². The molecule has 2 aromatic carbocycles. The van der Waals surface area contributed by atoms with Crippen LogP contribution in [-0.4, -0.2) is 22.7 Å². The molecule has 0 amide bonds. The molecule has 0 radical (unpaired) electrons. The first-order valence-corrected chi connectivity index (χ1v) is 10.2. The smallest absolute Gasteiger partial charge is 0.258 e. The van der Waals surface area contributed by atoms with Crippen LogP contribution in [0.4, 0.5) is 5.69 Å². The van der Waals surface area contributed by atoms with Gasteiger partial charge in [-0.3, -0.25) is 0 Å². The van der Waals surface area contributed by atoms with Gasteiger partial charge in [-0.2, -0.15) is 10.2 Å². The number of benzene rings is 2. The van der Waals surface area contributed by atoms with Crippen molar-refractivity contribution in [2.75, 3.05) is 11.4 Å². The zero-order valence-electron chi connectivity index (χ0n) is 16.4. The molecule has 0 spiro atoms. The maximum Gasteiger partial charge on any atom is 0.258 e. The molecule has 1 aromatic heterocycles. The summed E-state index contributed by atoms with van der Waals surface area (Å²) in [7, 11) is 0. The van der Waals surface area contributed by atoms with Crippen LogP contribution in [0.15, 0.2) is 47.0 Å². The van der Waals surface area contributed by atoms with E-state index in [1.807, 2.05) is 24.3 Å². The summed E-state index contributed by atoms with van der Waals surface area (Å²) in [5.41, 5.74) is 5.88. The summed E-state index contributed by atoms with van der Waals surface area (Å²) in [5, 5.41) is 13.9. The highest BCUT2D eigenvalue weighted by molar-refractivity contribution is 5.70. The van der Waals surface area contributed by atoms with Crippen LogP contribution in [0.1, 0.15) is 42.9 Å². The molecule has 29 heavy (non-hydrogen) atoms. The molecular weight excluding hydrogens is 360 g/mol. The number of aromatic nitrogens is 2. The molecule has 1 atom stereocenters. The van der Waals surface area contributed by atoms with Crippen molar-refractivity contribution in [1.29, 1.82) is 5.26 Å². The third-order valence-corrected chi connectivity index (χ3v) is 5.94. The maximum atomic E-state index is 9.73. The molecule has 144 valence electrons. The molecule has 0 N–H and O–H groups in total. The topological polar surface area (TPSA) is 66.0 Å². The molecule has 1 unspecified atom stereocenters. The van der Waals surface area contributed by atoms with Crippen molar-refractivity contribution in [2.45, 2.75) is 38.6 Å². The average molecular weight is 382 g/mol. The standard InChI is InChI=1S/C24H22N4O/c1-16-5-2-3-12-28(16)22-11-10-20(14-21(22)15-25)24-26-23(27-29-24)19-9-8-17-6-4-7-18(17)13-19/h4,7-11,13-14,16H,2-3,5-6,12H2,1H3. The van der Waals surface area contributed by atoms with Gasteiger partial charge in [0, 0.05) is 23.7 Å².